The van der Waals surface area contributed by atoms with Gasteiger partial charge in [0.15, 0.2) is 11.5 Å². The number of rotatable bonds is 3. The van der Waals surface area contributed by atoms with E-state index < -0.39 is 17.3 Å². The van der Waals surface area contributed by atoms with Crippen LogP contribution in [0.1, 0.15) is 44.9 Å². The van der Waals surface area contributed by atoms with Crippen molar-refractivity contribution in [2.24, 2.45) is 0 Å². The van der Waals surface area contributed by atoms with Crippen molar-refractivity contribution < 1.29 is 13.6 Å². The molecular weight excluding hydrogens is 564 g/mol. The molecule has 11 heteroatoms. The van der Waals surface area contributed by atoms with Gasteiger partial charge in [0.25, 0.3) is 0 Å². The average molecular weight is 598 g/mol. The number of hydrogen-bond acceptors (Lipinski definition) is 7. The lowest BCUT2D eigenvalue weighted by Gasteiger charge is -2.44. The molecule has 3 aromatic heterocycles. The molecule has 44 heavy (non-hydrogen) atoms. The molecule has 2 aliphatic heterocycles. The van der Waals surface area contributed by atoms with Crippen LogP contribution in [0.4, 0.5) is 20.3 Å². The molecule has 2 aliphatic rings. The van der Waals surface area contributed by atoms with Crippen LogP contribution < -0.4 is 15.9 Å². The Labute approximate surface area is 253 Å². The topological polar surface area (TPSA) is 96.3 Å². The second-order valence-corrected chi connectivity index (χ2v) is 11.5. The maximum absolute atomic E-state index is 16.2. The van der Waals surface area contributed by atoms with Crippen molar-refractivity contribution in [1.82, 2.24) is 24.4 Å². The molecule has 2 atom stereocenters. The first-order chi connectivity index (χ1) is 21.1. The summed E-state index contributed by atoms with van der Waals surface area (Å²) in [6.07, 6.45) is 6.69. The first-order valence-corrected chi connectivity index (χ1v) is 14.6. The van der Waals surface area contributed by atoms with Gasteiger partial charge in [-0.15, -0.1) is 0 Å². The quantitative estimate of drug-likeness (QED) is 0.321. The third kappa shape index (κ3) is 4.82. The predicted molar refractivity (Wildman–Crippen MR) is 168 cm³/mol. The third-order valence-electron chi connectivity index (χ3n) is 8.23. The zero-order valence-electron chi connectivity index (χ0n) is 25.0. The largest absolute Gasteiger partial charge is 0.381 e. The molecular formula is C33H33F2N7O2. The Bertz CT molecular complexity index is 1900. The van der Waals surface area contributed by atoms with E-state index in [0.29, 0.717) is 42.3 Å². The lowest BCUT2D eigenvalue weighted by molar-refractivity contribution is -0.128. The molecule has 226 valence electrons. The standard InChI is InChI=1S/C33H33F2N7O2/c1-6-26(43)40-16-20(5)41(17-19(40)4)31-22-15-24(35)29-27-23(34)10-7-11-25(27)36-13-8-9-21-12-14-37-28(18(2)3)30(21)42(32(22)38-29)33(44)39-31/h6-12,14-15,18-20,36H,1,13,16-17H2,2-5H3/b9-8-/t19-,20+/m1/s1. The van der Waals surface area contributed by atoms with Gasteiger partial charge in [-0.1, -0.05) is 38.6 Å². The minimum Gasteiger partial charge on any atom is -0.381 e. The molecule has 0 spiro atoms. The van der Waals surface area contributed by atoms with Crippen LogP contribution in [0.15, 0.2) is 60.1 Å². The first-order valence-electron chi connectivity index (χ1n) is 14.6. The molecule has 0 unspecified atom stereocenters. The fourth-order valence-electron chi connectivity index (χ4n) is 6.10. The van der Waals surface area contributed by atoms with Crippen molar-refractivity contribution in [3.63, 3.8) is 0 Å². The molecule has 0 saturated carbocycles. The minimum absolute atomic E-state index is 0.0349. The van der Waals surface area contributed by atoms with Crippen LogP contribution in [-0.4, -0.2) is 62.0 Å². The molecule has 1 N–H and O–H groups in total. The summed E-state index contributed by atoms with van der Waals surface area (Å²) in [7, 11) is 0. The Morgan fingerprint density at radius 1 is 1.11 bits per heavy atom. The highest BCUT2D eigenvalue weighted by molar-refractivity contribution is 5.92. The number of pyridine rings is 2. The van der Waals surface area contributed by atoms with Crippen molar-refractivity contribution in [3.05, 3.63) is 88.6 Å². The van der Waals surface area contributed by atoms with Crippen LogP contribution in [-0.2, 0) is 4.79 Å². The summed E-state index contributed by atoms with van der Waals surface area (Å²) in [6, 6.07) is 7.03. The van der Waals surface area contributed by atoms with E-state index in [-0.39, 0.29) is 52.0 Å². The number of piperazine rings is 1. The Balaban J connectivity index is 1.70. The Hall–Kier alpha value is -4.93. The molecule has 1 fully saturated rings. The van der Waals surface area contributed by atoms with E-state index in [4.69, 9.17) is 4.98 Å². The van der Waals surface area contributed by atoms with Gasteiger partial charge in [-0.3, -0.25) is 9.78 Å². The number of hydrogen-bond donors (Lipinski definition) is 1. The highest BCUT2D eigenvalue weighted by Crippen LogP contribution is 2.37. The van der Waals surface area contributed by atoms with Gasteiger partial charge >= 0.3 is 5.69 Å². The van der Waals surface area contributed by atoms with Crippen LogP contribution in [0.2, 0.25) is 0 Å². The van der Waals surface area contributed by atoms with Crippen molar-refractivity contribution in [2.45, 2.75) is 45.7 Å². The van der Waals surface area contributed by atoms with E-state index in [2.05, 4.69) is 21.9 Å². The fraction of sp³-hybridized carbons (Fsp3) is 0.303. The van der Waals surface area contributed by atoms with Gasteiger partial charge in [0.05, 0.1) is 22.3 Å². The SMILES string of the molecule is C=CC(=O)N1C[C@H](C)N(c2nc(=O)n3c4nc(c(F)cc24)-c2c(F)cccc2NC/C=C\c2ccnc(C(C)C)c2-3)C[C@H]1C. The Morgan fingerprint density at radius 2 is 1.91 bits per heavy atom. The van der Waals surface area contributed by atoms with E-state index in [1.54, 1.807) is 29.3 Å². The number of benzene rings is 1. The van der Waals surface area contributed by atoms with E-state index in [0.717, 1.165) is 0 Å². The zero-order chi connectivity index (χ0) is 31.3. The second kappa shape index (κ2) is 11.3. The molecule has 1 aromatic carbocycles. The van der Waals surface area contributed by atoms with Gasteiger partial charge in [0.2, 0.25) is 5.91 Å². The summed E-state index contributed by atoms with van der Waals surface area (Å²) in [4.78, 5) is 44.2. The molecule has 1 saturated heterocycles. The van der Waals surface area contributed by atoms with Crippen molar-refractivity contribution >= 4 is 34.5 Å². The van der Waals surface area contributed by atoms with Crippen molar-refractivity contribution in [2.75, 3.05) is 29.9 Å². The number of nitrogens with zero attached hydrogens (tertiary/aromatic N) is 6. The minimum atomic E-state index is -0.761. The van der Waals surface area contributed by atoms with Gasteiger partial charge in [0.1, 0.15) is 17.3 Å². The molecule has 6 rings (SSSR count). The highest BCUT2D eigenvalue weighted by Gasteiger charge is 2.34. The summed E-state index contributed by atoms with van der Waals surface area (Å²) in [5, 5.41) is 3.46. The molecule has 2 bridgehead atoms. The Kier molecular flexibility index (Phi) is 7.48. The fourth-order valence-corrected chi connectivity index (χ4v) is 6.10. The summed E-state index contributed by atoms with van der Waals surface area (Å²) in [6.45, 7) is 12.4. The summed E-state index contributed by atoms with van der Waals surface area (Å²) < 4.78 is 33.0. The third-order valence-corrected chi connectivity index (χ3v) is 8.23. The van der Waals surface area contributed by atoms with Gasteiger partial charge < -0.3 is 15.1 Å². The number of carbonyl (C=O) groups is 1. The number of nitrogens with one attached hydrogen (secondary N) is 1. The molecule has 5 heterocycles. The van der Waals surface area contributed by atoms with Crippen molar-refractivity contribution in [3.8, 4) is 16.9 Å². The van der Waals surface area contributed by atoms with Gasteiger partial charge in [0, 0.05) is 49.2 Å². The number of aromatic nitrogens is 4. The first kappa shape index (κ1) is 29.2. The second-order valence-electron chi connectivity index (χ2n) is 11.5. The van der Waals surface area contributed by atoms with E-state index >= 15 is 8.78 Å². The van der Waals surface area contributed by atoms with Crippen LogP contribution in [0.25, 0.3) is 34.1 Å². The number of anilines is 2. The normalized spacial score (nSPS) is 18.7. The number of fused-ring (bicyclic) bond motifs is 5. The predicted octanol–water partition coefficient (Wildman–Crippen LogP) is 5.29. The van der Waals surface area contributed by atoms with Crippen molar-refractivity contribution in [1.29, 1.82) is 0 Å². The maximum atomic E-state index is 16.2. The van der Waals surface area contributed by atoms with E-state index in [1.807, 2.05) is 44.7 Å². The van der Waals surface area contributed by atoms with Crippen LogP contribution in [0, 0.1) is 11.6 Å². The smallest absolute Gasteiger partial charge is 0.355 e. The monoisotopic (exact) mass is 597 g/mol. The molecule has 0 radical (unpaired) electrons. The van der Waals surface area contributed by atoms with Gasteiger partial charge in [-0.2, -0.15) is 4.98 Å². The number of carbonyl (C=O) groups excluding carboxylic acids is 1. The summed E-state index contributed by atoms with van der Waals surface area (Å²) >= 11 is 0. The summed E-state index contributed by atoms with van der Waals surface area (Å²) in [5.74, 6) is -1.44. The van der Waals surface area contributed by atoms with E-state index in [9.17, 15) is 9.59 Å². The number of amides is 1. The summed E-state index contributed by atoms with van der Waals surface area (Å²) in [5.41, 5.74) is 1.42. The molecule has 9 nitrogen and oxygen atoms in total. The van der Waals surface area contributed by atoms with E-state index in [1.165, 1.54) is 22.8 Å². The highest BCUT2D eigenvalue weighted by atomic mass is 19.1. The lowest BCUT2D eigenvalue weighted by Crippen LogP contribution is -2.58. The van der Waals surface area contributed by atoms with Crippen LogP contribution >= 0.6 is 0 Å². The van der Waals surface area contributed by atoms with Gasteiger partial charge in [-0.05, 0) is 50.1 Å². The molecule has 1 amide bonds. The lowest BCUT2D eigenvalue weighted by atomic mass is 10.0. The Morgan fingerprint density at radius 3 is 2.66 bits per heavy atom. The average Bonchev–Trinajstić information content (AvgIpc) is 2.99. The zero-order valence-corrected chi connectivity index (χ0v) is 25.0. The van der Waals surface area contributed by atoms with Crippen LogP contribution in [0.5, 0.6) is 0 Å². The molecule has 4 aromatic rings. The molecule has 0 aliphatic carbocycles. The van der Waals surface area contributed by atoms with Gasteiger partial charge in [-0.25, -0.2) is 23.1 Å². The maximum Gasteiger partial charge on any atom is 0.355 e. The number of halogens is 2. The van der Waals surface area contributed by atoms with Crippen LogP contribution in [0.3, 0.4) is 0 Å².